The zero-order valence-corrected chi connectivity index (χ0v) is 7.41. The minimum Gasteiger partial charge on any atom is -0.312 e. The Morgan fingerprint density at radius 1 is 1.50 bits per heavy atom. The van der Waals surface area contributed by atoms with Crippen molar-refractivity contribution in [2.45, 2.75) is 45.6 Å². The van der Waals surface area contributed by atoms with Gasteiger partial charge in [0.15, 0.2) is 0 Å². The third kappa shape index (κ3) is 1.98. The smallest absolute Gasteiger partial charge is 0.0156 e. The lowest BCUT2D eigenvalue weighted by Crippen LogP contribution is -2.37. The molecule has 0 aliphatic carbocycles. The van der Waals surface area contributed by atoms with E-state index >= 15 is 0 Å². The molecule has 1 atom stereocenters. The number of nitrogens with one attached hydrogen (secondary N) is 1. The second-order valence-corrected chi connectivity index (χ2v) is 4.19. The van der Waals surface area contributed by atoms with Crippen LogP contribution < -0.4 is 5.32 Å². The summed E-state index contributed by atoms with van der Waals surface area (Å²) in [7, 11) is 0. The molecule has 0 saturated carbocycles. The maximum Gasteiger partial charge on any atom is 0.0156 e. The van der Waals surface area contributed by atoms with Crippen LogP contribution in [-0.4, -0.2) is 12.1 Å². The van der Waals surface area contributed by atoms with E-state index in [1.165, 1.54) is 25.8 Å². The molecule has 0 bridgehead atoms. The van der Waals surface area contributed by atoms with Crippen molar-refractivity contribution in [1.82, 2.24) is 5.32 Å². The second-order valence-electron chi connectivity index (χ2n) is 4.19. The van der Waals surface area contributed by atoms with Crippen LogP contribution in [0, 0.1) is 5.92 Å². The van der Waals surface area contributed by atoms with Gasteiger partial charge in [-0.2, -0.15) is 0 Å². The van der Waals surface area contributed by atoms with Gasteiger partial charge in [0.2, 0.25) is 0 Å². The minimum absolute atomic E-state index is 0.466. The molecule has 1 heteroatoms. The highest BCUT2D eigenvalue weighted by Crippen LogP contribution is 2.25. The average molecular weight is 141 g/mol. The van der Waals surface area contributed by atoms with Crippen molar-refractivity contribution in [2.24, 2.45) is 5.92 Å². The molecule has 1 saturated heterocycles. The van der Waals surface area contributed by atoms with Gasteiger partial charge in [0.25, 0.3) is 0 Å². The standard InChI is InChI=1S/C9H19N/c1-8(2)7-9(3)5-4-6-10-9/h8,10H,4-7H2,1-3H3. The lowest BCUT2D eigenvalue weighted by Gasteiger charge is -2.26. The largest absolute Gasteiger partial charge is 0.312 e. The maximum absolute atomic E-state index is 3.56. The molecule has 1 aliphatic rings. The van der Waals surface area contributed by atoms with Gasteiger partial charge in [-0.15, -0.1) is 0 Å². The van der Waals surface area contributed by atoms with Crippen LogP contribution in [0.4, 0.5) is 0 Å². The third-order valence-electron chi connectivity index (χ3n) is 2.32. The SMILES string of the molecule is CC(C)CC1(C)CCCN1. The second kappa shape index (κ2) is 2.91. The molecule has 60 valence electrons. The van der Waals surface area contributed by atoms with E-state index in [9.17, 15) is 0 Å². The van der Waals surface area contributed by atoms with Gasteiger partial charge in [0.1, 0.15) is 0 Å². The van der Waals surface area contributed by atoms with Crippen molar-refractivity contribution in [2.75, 3.05) is 6.54 Å². The van der Waals surface area contributed by atoms with Crippen LogP contribution >= 0.6 is 0 Å². The minimum atomic E-state index is 0.466. The van der Waals surface area contributed by atoms with Gasteiger partial charge in [0, 0.05) is 5.54 Å². The molecule has 1 rings (SSSR count). The van der Waals surface area contributed by atoms with Crippen LogP contribution in [0.2, 0.25) is 0 Å². The zero-order valence-electron chi connectivity index (χ0n) is 7.41. The molecule has 1 nitrogen and oxygen atoms in total. The Hall–Kier alpha value is -0.0400. The van der Waals surface area contributed by atoms with Crippen molar-refractivity contribution in [3.05, 3.63) is 0 Å². The Bertz CT molecular complexity index is 101. The molecule has 1 N–H and O–H groups in total. The highest BCUT2D eigenvalue weighted by Gasteiger charge is 2.28. The summed E-state index contributed by atoms with van der Waals surface area (Å²) in [5.74, 6) is 0.829. The van der Waals surface area contributed by atoms with Crippen LogP contribution in [-0.2, 0) is 0 Å². The van der Waals surface area contributed by atoms with E-state index in [1.54, 1.807) is 0 Å². The fourth-order valence-electron chi connectivity index (χ4n) is 2.03. The number of rotatable bonds is 2. The lowest BCUT2D eigenvalue weighted by atomic mass is 9.90. The average Bonchev–Trinajstić information content (AvgIpc) is 2.12. The molecule has 1 unspecified atom stereocenters. The summed E-state index contributed by atoms with van der Waals surface area (Å²) in [6.45, 7) is 8.17. The van der Waals surface area contributed by atoms with E-state index in [-0.39, 0.29) is 0 Å². The van der Waals surface area contributed by atoms with Crippen molar-refractivity contribution >= 4 is 0 Å². The summed E-state index contributed by atoms with van der Waals surface area (Å²) in [6, 6.07) is 0. The van der Waals surface area contributed by atoms with Crippen molar-refractivity contribution < 1.29 is 0 Å². The molecule has 1 aliphatic heterocycles. The monoisotopic (exact) mass is 141 g/mol. The summed E-state index contributed by atoms with van der Waals surface area (Å²) in [6.07, 6.45) is 4.06. The molecule has 0 aromatic rings. The topological polar surface area (TPSA) is 12.0 Å². The number of hydrogen-bond acceptors (Lipinski definition) is 1. The normalized spacial score (nSPS) is 33.6. The highest BCUT2D eigenvalue weighted by molar-refractivity contribution is 4.88. The van der Waals surface area contributed by atoms with Crippen molar-refractivity contribution in [3.8, 4) is 0 Å². The van der Waals surface area contributed by atoms with Gasteiger partial charge in [0.05, 0.1) is 0 Å². The van der Waals surface area contributed by atoms with Gasteiger partial charge in [-0.05, 0) is 38.6 Å². The Kier molecular flexibility index (Phi) is 2.35. The van der Waals surface area contributed by atoms with Gasteiger partial charge in [-0.25, -0.2) is 0 Å². The van der Waals surface area contributed by atoms with Crippen molar-refractivity contribution in [3.63, 3.8) is 0 Å². The van der Waals surface area contributed by atoms with E-state index in [2.05, 4.69) is 26.1 Å². The lowest BCUT2D eigenvalue weighted by molar-refractivity contribution is 0.333. The Morgan fingerprint density at radius 2 is 2.20 bits per heavy atom. The zero-order chi connectivity index (χ0) is 7.61. The summed E-state index contributed by atoms with van der Waals surface area (Å²) in [4.78, 5) is 0. The van der Waals surface area contributed by atoms with Crippen LogP contribution in [0.15, 0.2) is 0 Å². The first-order chi connectivity index (χ1) is 4.62. The molecule has 10 heavy (non-hydrogen) atoms. The van der Waals surface area contributed by atoms with E-state index in [0.717, 1.165) is 5.92 Å². The van der Waals surface area contributed by atoms with E-state index in [1.807, 2.05) is 0 Å². The van der Waals surface area contributed by atoms with Gasteiger partial charge in [-0.3, -0.25) is 0 Å². The fraction of sp³-hybridized carbons (Fsp3) is 1.00. The molecule has 0 spiro atoms. The molecule has 1 fully saturated rings. The first-order valence-corrected chi connectivity index (χ1v) is 4.37. The number of hydrogen-bond donors (Lipinski definition) is 1. The van der Waals surface area contributed by atoms with Crippen LogP contribution in [0.5, 0.6) is 0 Å². The van der Waals surface area contributed by atoms with Gasteiger partial charge >= 0.3 is 0 Å². The molecule has 0 amide bonds. The maximum atomic E-state index is 3.56. The summed E-state index contributed by atoms with van der Waals surface area (Å²) in [5, 5.41) is 3.56. The Labute approximate surface area is 64.2 Å². The van der Waals surface area contributed by atoms with Crippen LogP contribution in [0.25, 0.3) is 0 Å². The predicted molar refractivity (Wildman–Crippen MR) is 45.1 cm³/mol. The van der Waals surface area contributed by atoms with Crippen LogP contribution in [0.3, 0.4) is 0 Å². The molecule has 1 heterocycles. The third-order valence-corrected chi connectivity index (χ3v) is 2.32. The van der Waals surface area contributed by atoms with E-state index in [4.69, 9.17) is 0 Å². The van der Waals surface area contributed by atoms with Gasteiger partial charge < -0.3 is 5.32 Å². The van der Waals surface area contributed by atoms with E-state index < -0.39 is 0 Å². The molecule has 0 aromatic carbocycles. The summed E-state index contributed by atoms with van der Waals surface area (Å²) in [5.41, 5.74) is 0.466. The fourth-order valence-corrected chi connectivity index (χ4v) is 2.03. The predicted octanol–water partition coefficient (Wildman–Crippen LogP) is 2.17. The van der Waals surface area contributed by atoms with Crippen molar-refractivity contribution in [1.29, 1.82) is 0 Å². The summed E-state index contributed by atoms with van der Waals surface area (Å²) < 4.78 is 0. The quantitative estimate of drug-likeness (QED) is 0.621. The first-order valence-electron chi connectivity index (χ1n) is 4.37. The Balaban J connectivity index is 2.36. The van der Waals surface area contributed by atoms with E-state index in [0.29, 0.717) is 5.54 Å². The molecular formula is C9H19N. The molecule has 0 radical (unpaired) electrons. The first kappa shape index (κ1) is 8.06. The van der Waals surface area contributed by atoms with Gasteiger partial charge in [-0.1, -0.05) is 13.8 Å². The Morgan fingerprint density at radius 3 is 2.60 bits per heavy atom. The molecular weight excluding hydrogens is 122 g/mol. The molecule has 0 aromatic heterocycles. The summed E-state index contributed by atoms with van der Waals surface area (Å²) >= 11 is 0. The highest BCUT2D eigenvalue weighted by atomic mass is 15.0. The van der Waals surface area contributed by atoms with Crippen LogP contribution in [0.1, 0.15) is 40.0 Å².